The normalized spacial score (nSPS) is 11.5. The molecule has 4 heteroatoms. The number of imidazole rings is 1. The van der Waals surface area contributed by atoms with Gasteiger partial charge < -0.3 is 0 Å². The molecule has 4 aromatic carbocycles. The van der Waals surface area contributed by atoms with Gasteiger partial charge in [0.2, 0.25) is 0 Å². The zero-order valence-corrected chi connectivity index (χ0v) is 16.9. The van der Waals surface area contributed by atoms with E-state index >= 15 is 0 Å². The minimum atomic E-state index is 0.713. The van der Waals surface area contributed by atoms with Crippen molar-refractivity contribution in [2.75, 3.05) is 0 Å². The summed E-state index contributed by atoms with van der Waals surface area (Å²) in [7, 11) is 0. The van der Waals surface area contributed by atoms with Crippen LogP contribution in [0.3, 0.4) is 0 Å². The first-order valence-corrected chi connectivity index (χ1v) is 10.3. The molecule has 0 aliphatic heterocycles. The summed E-state index contributed by atoms with van der Waals surface area (Å²) < 4.78 is 4.94. The van der Waals surface area contributed by atoms with Crippen molar-refractivity contribution >= 4 is 39.8 Å². The Labute approximate surface area is 178 Å². The fourth-order valence-electron chi connectivity index (χ4n) is 4.15. The third-order valence-corrected chi connectivity index (χ3v) is 5.91. The highest BCUT2D eigenvalue weighted by Gasteiger charge is 2.15. The van der Waals surface area contributed by atoms with Crippen LogP contribution in [0.1, 0.15) is 0 Å². The molecule has 0 amide bonds. The van der Waals surface area contributed by atoms with Gasteiger partial charge in [-0.2, -0.15) is 0 Å². The fraction of sp³-hybridized carbons (Fsp3) is 0. The van der Waals surface area contributed by atoms with E-state index in [0.29, 0.717) is 4.77 Å². The van der Waals surface area contributed by atoms with Crippen LogP contribution < -0.4 is 0 Å². The lowest BCUT2D eigenvalue weighted by atomic mass is 10.0. The number of fused-ring (bicyclic) bond motifs is 5. The van der Waals surface area contributed by atoms with E-state index in [4.69, 9.17) is 17.2 Å². The molecule has 6 aromatic rings. The molecular weight excluding hydrogens is 386 g/mol. The summed E-state index contributed by atoms with van der Waals surface area (Å²) in [5, 5.41) is 1.07. The van der Waals surface area contributed by atoms with Crippen LogP contribution in [0.15, 0.2) is 103 Å². The van der Waals surface area contributed by atoms with Crippen LogP contribution in [0.5, 0.6) is 0 Å². The number of rotatable bonds is 2. The summed E-state index contributed by atoms with van der Waals surface area (Å²) in [5.74, 6) is 0. The van der Waals surface area contributed by atoms with E-state index in [2.05, 4.69) is 69.6 Å². The molecule has 0 saturated heterocycles. The van der Waals surface area contributed by atoms with Crippen molar-refractivity contribution < 1.29 is 0 Å². The van der Waals surface area contributed by atoms with E-state index < -0.39 is 0 Å². The molecule has 30 heavy (non-hydrogen) atoms. The largest absolute Gasteiger partial charge is 0.286 e. The Morgan fingerprint density at radius 3 is 2.13 bits per heavy atom. The van der Waals surface area contributed by atoms with Crippen LogP contribution in [0.4, 0.5) is 0 Å². The lowest BCUT2D eigenvalue weighted by Gasteiger charge is -2.15. The van der Waals surface area contributed by atoms with E-state index in [1.165, 1.54) is 5.56 Å². The van der Waals surface area contributed by atoms with Crippen molar-refractivity contribution in [3.63, 3.8) is 0 Å². The number of benzene rings is 4. The predicted molar refractivity (Wildman–Crippen MR) is 126 cm³/mol. The molecular formula is C26H17N3S. The maximum atomic E-state index is 6.00. The predicted octanol–water partition coefficient (Wildman–Crippen LogP) is 6.83. The van der Waals surface area contributed by atoms with Crippen LogP contribution >= 0.6 is 12.2 Å². The second-order valence-electron chi connectivity index (χ2n) is 7.31. The first-order valence-electron chi connectivity index (χ1n) is 9.88. The van der Waals surface area contributed by atoms with Gasteiger partial charge in [-0.1, -0.05) is 66.7 Å². The van der Waals surface area contributed by atoms with Gasteiger partial charge in [-0.3, -0.25) is 8.97 Å². The third kappa shape index (κ3) is 2.51. The monoisotopic (exact) mass is 403 g/mol. The van der Waals surface area contributed by atoms with E-state index in [0.717, 1.165) is 38.8 Å². The van der Waals surface area contributed by atoms with Gasteiger partial charge in [0.1, 0.15) is 5.65 Å². The Morgan fingerprint density at radius 2 is 1.33 bits per heavy atom. The molecule has 3 nitrogen and oxygen atoms in total. The molecule has 6 rings (SSSR count). The quantitative estimate of drug-likeness (QED) is 0.296. The van der Waals surface area contributed by atoms with E-state index in [9.17, 15) is 0 Å². The molecule has 142 valence electrons. The van der Waals surface area contributed by atoms with Crippen molar-refractivity contribution in [1.29, 1.82) is 0 Å². The fourth-order valence-corrected chi connectivity index (χ4v) is 4.54. The molecule has 0 saturated carbocycles. The number of aromatic nitrogens is 3. The highest BCUT2D eigenvalue weighted by atomic mass is 32.1. The van der Waals surface area contributed by atoms with Gasteiger partial charge >= 0.3 is 0 Å². The summed E-state index contributed by atoms with van der Waals surface area (Å²) in [4.78, 5) is 4.96. The average molecular weight is 404 g/mol. The minimum Gasteiger partial charge on any atom is -0.286 e. The van der Waals surface area contributed by atoms with Crippen molar-refractivity contribution in [2.24, 2.45) is 0 Å². The number of nitrogens with zero attached hydrogens (tertiary/aromatic N) is 3. The summed E-state index contributed by atoms with van der Waals surface area (Å²) in [6.45, 7) is 0. The first kappa shape index (κ1) is 17.1. The van der Waals surface area contributed by atoms with Gasteiger partial charge in [0, 0.05) is 11.1 Å². The Bertz CT molecular complexity index is 1600. The molecule has 0 aliphatic carbocycles. The van der Waals surface area contributed by atoms with Crippen LogP contribution in [-0.4, -0.2) is 14.0 Å². The average Bonchev–Trinajstić information content (AvgIpc) is 3.21. The molecule has 0 radical (unpaired) electrons. The van der Waals surface area contributed by atoms with Crippen LogP contribution in [0.2, 0.25) is 0 Å². The lowest BCUT2D eigenvalue weighted by molar-refractivity contribution is 0.979. The smallest absolute Gasteiger partial charge is 0.191 e. The lowest BCUT2D eigenvalue weighted by Crippen LogP contribution is -2.05. The molecule has 0 fully saturated rings. The molecule has 0 spiro atoms. The molecule has 0 N–H and O–H groups in total. The van der Waals surface area contributed by atoms with E-state index in [-0.39, 0.29) is 0 Å². The van der Waals surface area contributed by atoms with Crippen molar-refractivity contribution in [1.82, 2.24) is 14.0 Å². The van der Waals surface area contributed by atoms with Crippen molar-refractivity contribution in [3.05, 3.63) is 108 Å². The highest BCUT2D eigenvalue weighted by Crippen LogP contribution is 2.31. The zero-order valence-electron chi connectivity index (χ0n) is 16.1. The summed E-state index contributed by atoms with van der Waals surface area (Å²) in [6, 6.07) is 35.4. The third-order valence-electron chi connectivity index (χ3n) is 5.54. The maximum Gasteiger partial charge on any atom is 0.191 e. The number of hydrogen-bond donors (Lipinski definition) is 0. The Hall–Kier alpha value is -3.76. The zero-order chi connectivity index (χ0) is 20.1. The van der Waals surface area contributed by atoms with Gasteiger partial charge in [0.05, 0.1) is 16.6 Å². The molecule has 0 atom stereocenters. The van der Waals surface area contributed by atoms with Crippen LogP contribution in [-0.2, 0) is 0 Å². The standard InChI is InChI=1S/C26H17N3S/c30-26-28(20-11-5-2-6-12-20)23-16-15-19(18-9-3-1-4-10-18)17-21(23)25-27-22-13-7-8-14-24(22)29(25)26/h1-17H. The Kier molecular flexibility index (Phi) is 3.79. The molecule has 0 bridgehead atoms. The number of para-hydroxylation sites is 3. The molecule has 0 aliphatic rings. The molecule has 0 unspecified atom stereocenters. The van der Waals surface area contributed by atoms with Gasteiger partial charge in [-0.25, -0.2) is 4.98 Å². The second-order valence-corrected chi connectivity index (χ2v) is 7.68. The number of hydrogen-bond acceptors (Lipinski definition) is 2. The molecule has 2 heterocycles. The van der Waals surface area contributed by atoms with Crippen molar-refractivity contribution in [3.8, 4) is 16.8 Å². The molecule has 2 aromatic heterocycles. The van der Waals surface area contributed by atoms with E-state index in [1.54, 1.807) is 0 Å². The maximum absolute atomic E-state index is 6.00. The van der Waals surface area contributed by atoms with Gasteiger partial charge in [0.15, 0.2) is 4.77 Å². The first-order chi connectivity index (χ1) is 14.8. The minimum absolute atomic E-state index is 0.713. The summed E-state index contributed by atoms with van der Waals surface area (Å²) in [6.07, 6.45) is 0. The van der Waals surface area contributed by atoms with Crippen molar-refractivity contribution in [2.45, 2.75) is 0 Å². The van der Waals surface area contributed by atoms with E-state index in [1.807, 2.05) is 42.5 Å². The Morgan fingerprint density at radius 1 is 0.633 bits per heavy atom. The topological polar surface area (TPSA) is 22.2 Å². The Balaban J connectivity index is 1.82. The van der Waals surface area contributed by atoms with Gasteiger partial charge in [-0.05, 0) is 59.7 Å². The van der Waals surface area contributed by atoms with Crippen LogP contribution in [0, 0.1) is 4.77 Å². The summed E-state index contributed by atoms with van der Waals surface area (Å²) >= 11 is 6.00. The van der Waals surface area contributed by atoms with Gasteiger partial charge in [-0.15, -0.1) is 0 Å². The van der Waals surface area contributed by atoms with Crippen LogP contribution in [0.25, 0.3) is 44.4 Å². The van der Waals surface area contributed by atoms with Gasteiger partial charge in [0.25, 0.3) is 0 Å². The SMILES string of the molecule is S=c1n(-c2ccccc2)c2ccc(-c3ccccc3)cc2c2nc3ccccc3n12. The highest BCUT2D eigenvalue weighted by molar-refractivity contribution is 7.71. The summed E-state index contributed by atoms with van der Waals surface area (Å²) in [5.41, 5.74) is 7.29. The second kappa shape index (κ2) is 6.65.